The van der Waals surface area contributed by atoms with Gasteiger partial charge in [0.25, 0.3) is 0 Å². The second kappa shape index (κ2) is 6.18. The molecular weight excluding hydrogens is 292 g/mol. The van der Waals surface area contributed by atoms with Gasteiger partial charge in [0.15, 0.2) is 0 Å². The van der Waals surface area contributed by atoms with Gasteiger partial charge in [0.05, 0.1) is 46.5 Å². The third-order valence-electron chi connectivity index (χ3n) is 3.30. The lowest BCUT2D eigenvalue weighted by molar-refractivity contribution is 0.182. The largest absolute Gasteiger partial charge is 0.456 e. The van der Waals surface area contributed by atoms with Gasteiger partial charge in [-0.2, -0.15) is 15.6 Å². The summed E-state index contributed by atoms with van der Waals surface area (Å²) in [5.41, 5.74) is 2.30. The van der Waals surface area contributed by atoms with E-state index in [1.165, 1.54) is 6.07 Å². The number of hydrogen-bond acceptors (Lipinski definition) is 5. The zero-order valence-corrected chi connectivity index (χ0v) is 12.3. The molecule has 0 fully saturated rings. The standard InChI is InChI=1S/C17H12N4O2/c1-22-10-15-17-14(20-21-15)3-2-4-16(17)23-13-6-11(8-18)5-12(7-13)9-19/h2-7H,10H2,1H3,(H,20,21). The number of ether oxygens (including phenoxy) is 2. The highest BCUT2D eigenvalue weighted by molar-refractivity contribution is 5.88. The van der Waals surface area contributed by atoms with Gasteiger partial charge in [-0.1, -0.05) is 6.07 Å². The summed E-state index contributed by atoms with van der Waals surface area (Å²) in [6.45, 7) is 0.374. The van der Waals surface area contributed by atoms with Crippen LogP contribution in [-0.2, 0) is 11.3 Å². The Bertz CT molecular complexity index is 915. The van der Waals surface area contributed by atoms with Crippen molar-refractivity contribution in [2.24, 2.45) is 0 Å². The first-order chi connectivity index (χ1) is 11.2. The molecule has 1 heterocycles. The first-order valence-electron chi connectivity index (χ1n) is 6.83. The molecule has 3 rings (SSSR count). The number of benzene rings is 2. The summed E-state index contributed by atoms with van der Waals surface area (Å²) < 4.78 is 11.1. The monoisotopic (exact) mass is 304 g/mol. The van der Waals surface area contributed by atoms with Crippen LogP contribution in [0.2, 0.25) is 0 Å². The number of aromatic nitrogens is 2. The van der Waals surface area contributed by atoms with Crippen LogP contribution < -0.4 is 4.74 Å². The van der Waals surface area contributed by atoms with Crippen LogP contribution in [0.25, 0.3) is 10.9 Å². The van der Waals surface area contributed by atoms with Gasteiger partial charge in [0.2, 0.25) is 0 Å². The summed E-state index contributed by atoms with van der Waals surface area (Å²) in [5.74, 6) is 1.01. The molecule has 0 aliphatic heterocycles. The molecule has 6 nitrogen and oxygen atoms in total. The van der Waals surface area contributed by atoms with Crippen LogP contribution in [0.4, 0.5) is 0 Å². The molecule has 0 amide bonds. The van der Waals surface area contributed by atoms with E-state index in [0.717, 1.165) is 16.6 Å². The van der Waals surface area contributed by atoms with E-state index in [9.17, 15) is 0 Å². The van der Waals surface area contributed by atoms with Gasteiger partial charge < -0.3 is 9.47 Å². The number of methoxy groups -OCH3 is 1. The fourth-order valence-electron chi connectivity index (χ4n) is 2.35. The molecule has 0 unspecified atom stereocenters. The Morgan fingerprint density at radius 2 is 1.87 bits per heavy atom. The average molecular weight is 304 g/mol. The zero-order chi connectivity index (χ0) is 16.2. The second-order valence-corrected chi connectivity index (χ2v) is 4.86. The summed E-state index contributed by atoms with van der Waals surface area (Å²) in [5, 5.41) is 26.1. The number of H-pyrrole nitrogens is 1. The summed E-state index contributed by atoms with van der Waals surface area (Å²) >= 11 is 0. The van der Waals surface area contributed by atoms with E-state index in [2.05, 4.69) is 10.2 Å². The van der Waals surface area contributed by atoms with Crippen LogP contribution in [0.3, 0.4) is 0 Å². The van der Waals surface area contributed by atoms with Crippen molar-refractivity contribution in [1.82, 2.24) is 10.2 Å². The summed E-state index contributed by atoms with van der Waals surface area (Å²) in [6.07, 6.45) is 0. The van der Waals surface area contributed by atoms with E-state index in [0.29, 0.717) is 29.2 Å². The highest BCUT2D eigenvalue weighted by atomic mass is 16.5. The molecule has 0 aliphatic carbocycles. The van der Waals surface area contributed by atoms with Crippen LogP contribution in [-0.4, -0.2) is 17.3 Å². The van der Waals surface area contributed by atoms with Crippen molar-refractivity contribution in [3.63, 3.8) is 0 Å². The van der Waals surface area contributed by atoms with E-state index < -0.39 is 0 Å². The van der Waals surface area contributed by atoms with Crippen LogP contribution >= 0.6 is 0 Å². The third-order valence-corrected chi connectivity index (χ3v) is 3.30. The van der Waals surface area contributed by atoms with Crippen molar-refractivity contribution in [1.29, 1.82) is 10.5 Å². The number of rotatable bonds is 4. The molecule has 0 radical (unpaired) electrons. The van der Waals surface area contributed by atoms with E-state index in [4.69, 9.17) is 20.0 Å². The highest BCUT2D eigenvalue weighted by Gasteiger charge is 2.12. The lowest BCUT2D eigenvalue weighted by Gasteiger charge is -2.08. The summed E-state index contributed by atoms with van der Waals surface area (Å²) in [6, 6.07) is 14.2. The highest BCUT2D eigenvalue weighted by Crippen LogP contribution is 2.32. The number of aromatic amines is 1. The lowest BCUT2D eigenvalue weighted by atomic mass is 10.1. The van der Waals surface area contributed by atoms with Gasteiger partial charge in [0, 0.05) is 7.11 Å². The minimum atomic E-state index is 0.371. The normalized spacial score (nSPS) is 10.2. The molecule has 2 aromatic carbocycles. The molecule has 0 bridgehead atoms. The number of hydrogen-bond donors (Lipinski definition) is 1. The van der Waals surface area contributed by atoms with E-state index in [-0.39, 0.29) is 0 Å². The Morgan fingerprint density at radius 3 is 2.52 bits per heavy atom. The molecule has 1 N–H and O–H groups in total. The van der Waals surface area contributed by atoms with Gasteiger partial charge in [-0.15, -0.1) is 0 Å². The van der Waals surface area contributed by atoms with Crippen LogP contribution in [0, 0.1) is 22.7 Å². The van der Waals surface area contributed by atoms with E-state index in [1.54, 1.807) is 19.2 Å². The number of fused-ring (bicyclic) bond motifs is 1. The first kappa shape index (κ1) is 14.6. The lowest BCUT2D eigenvalue weighted by Crippen LogP contribution is -1.92. The molecule has 112 valence electrons. The van der Waals surface area contributed by atoms with Crippen molar-refractivity contribution in [3.8, 4) is 23.6 Å². The number of nitrogens with zero attached hydrogens (tertiary/aromatic N) is 3. The number of nitriles is 2. The van der Waals surface area contributed by atoms with Gasteiger partial charge in [-0.25, -0.2) is 0 Å². The Kier molecular flexibility index (Phi) is 3.92. The molecule has 0 spiro atoms. The maximum Gasteiger partial charge on any atom is 0.138 e. The van der Waals surface area contributed by atoms with Gasteiger partial charge in [-0.3, -0.25) is 5.10 Å². The molecule has 0 atom stereocenters. The Balaban J connectivity index is 2.07. The maximum absolute atomic E-state index is 9.05. The Labute approximate surface area is 132 Å². The minimum absolute atomic E-state index is 0.371. The Hall–Kier alpha value is -3.35. The smallest absolute Gasteiger partial charge is 0.138 e. The van der Waals surface area contributed by atoms with E-state index >= 15 is 0 Å². The molecule has 23 heavy (non-hydrogen) atoms. The average Bonchev–Trinajstić information content (AvgIpc) is 2.99. The van der Waals surface area contributed by atoms with Crippen molar-refractivity contribution in [3.05, 3.63) is 53.2 Å². The molecule has 0 aliphatic rings. The third kappa shape index (κ3) is 2.84. The zero-order valence-electron chi connectivity index (χ0n) is 12.3. The maximum atomic E-state index is 9.05. The van der Waals surface area contributed by atoms with Crippen molar-refractivity contribution >= 4 is 10.9 Å². The molecule has 0 saturated heterocycles. The van der Waals surface area contributed by atoms with Crippen molar-refractivity contribution in [2.75, 3.05) is 7.11 Å². The van der Waals surface area contributed by atoms with Crippen LogP contribution in [0.1, 0.15) is 16.8 Å². The van der Waals surface area contributed by atoms with E-state index in [1.807, 2.05) is 30.3 Å². The molecule has 3 aromatic rings. The predicted octanol–water partition coefficient (Wildman–Crippen LogP) is 3.24. The van der Waals surface area contributed by atoms with Crippen molar-refractivity contribution in [2.45, 2.75) is 6.61 Å². The van der Waals surface area contributed by atoms with Crippen molar-refractivity contribution < 1.29 is 9.47 Å². The van der Waals surface area contributed by atoms with Gasteiger partial charge in [0.1, 0.15) is 11.5 Å². The molecule has 6 heteroatoms. The second-order valence-electron chi connectivity index (χ2n) is 4.86. The van der Waals surface area contributed by atoms with Crippen LogP contribution in [0.15, 0.2) is 36.4 Å². The molecule has 1 aromatic heterocycles. The summed E-state index contributed by atoms with van der Waals surface area (Å²) in [4.78, 5) is 0. The van der Waals surface area contributed by atoms with Gasteiger partial charge in [-0.05, 0) is 30.3 Å². The predicted molar refractivity (Wildman–Crippen MR) is 82.8 cm³/mol. The molecular formula is C17H12N4O2. The van der Waals surface area contributed by atoms with Crippen LogP contribution in [0.5, 0.6) is 11.5 Å². The Morgan fingerprint density at radius 1 is 1.13 bits per heavy atom. The SMILES string of the molecule is COCc1[nH]nc2cccc(Oc3cc(C#N)cc(C#N)c3)c12. The minimum Gasteiger partial charge on any atom is -0.456 e. The number of nitrogens with one attached hydrogen (secondary N) is 1. The first-order valence-corrected chi connectivity index (χ1v) is 6.83. The quantitative estimate of drug-likeness (QED) is 0.798. The topological polar surface area (TPSA) is 94.7 Å². The van der Waals surface area contributed by atoms with Gasteiger partial charge >= 0.3 is 0 Å². The fraction of sp³-hybridized carbons (Fsp3) is 0.118. The fourth-order valence-corrected chi connectivity index (χ4v) is 2.35. The summed E-state index contributed by atoms with van der Waals surface area (Å²) in [7, 11) is 1.60. The molecule has 0 saturated carbocycles.